The lowest BCUT2D eigenvalue weighted by molar-refractivity contribution is -0.384. The van der Waals surface area contributed by atoms with Gasteiger partial charge in [0, 0.05) is 22.8 Å². The number of non-ortho nitro benzene ring substituents is 1. The van der Waals surface area contributed by atoms with Crippen molar-refractivity contribution in [3.05, 3.63) is 39.9 Å². The highest BCUT2D eigenvalue weighted by Gasteiger charge is 2.09. The Balaban J connectivity index is 2.79. The van der Waals surface area contributed by atoms with Crippen LogP contribution in [0.4, 0.5) is 5.69 Å². The number of nitro groups is 1. The van der Waals surface area contributed by atoms with E-state index in [0.717, 1.165) is 0 Å². The zero-order valence-corrected chi connectivity index (χ0v) is 9.16. The van der Waals surface area contributed by atoms with Crippen LogP contribution in [-0.4, -0.2) is 19.1 Å². The van der Waals surface area contributed by atoms with E-state index < -0.39 is 14.0 Å². The van der Waals surface area contributed by atoms with Crippen molar-refractivity contribution in [3.8, 4) is 0 Å². The van der Waals surface area contributed by atoms with Crippen molar-refractivity contribution in [1.82, 2.24) is 0 Å². The predicted molar refractivity (Wildman–Crippen MR) is 56.4 cm³/mol. The number of aryl methyl sites for hydroxylation is 1. The largest absolute Gasteiger partial charge is 0.269 e. The van der Waals surface area contributed by atoms with Gasteiger partial charge in [-0.3, -0.25) is 10.1 Å². The van der Waals surface area contributed by atoms with Crippen molar-refractivity contribution in [1.29, 1.82) is 0 Å². The number of nitro benzene ring substituents is 1. The van der Waals surface area contributed by atoms with E-state index in [1.807, 2.05) is 0 Å². The van der Waals surface area contributed by atoms with Crippen LogP contribution in [-0.2, 0) is 15.5 Å². The van der Waals surface area contributed by atoms with Gasteiger partial charge < -0.3 is 0 Å². The van der Waals surface area contributed by atoms with Crippen molar-refractivity contribution < 1.29 is 13.3 Å². The first-order chi connectivity index (χ1) is 6.88. The fourth-order valence-corrected chi connectivity index (χ4v) is 1.78. The zero-order valence-electron chi connectivity index (χ0n) is 7.59. The minimum Gasteiger partial charge on any atom is -0.258 e. The van der Waals surface area contributed by atoms with Crippen LogP contribution in [0, 0.1) is 10.1 Å². The summed E-state index contributed by atoms with van der Waals surface area (Å²) < 4.78 is 21.3. The molecule has 82 valence electrons. The smallest absolute Gasteiger partial charge is 0.258 e. The predicted octanol–water partition coefficient (Wildman–Crippen LogP) is 1.71. The molecule has 0 amide bonds. The first-order valence-corrected chi connectivity index (χ1v) is 6.52. The third kappa shape index (κ3) is 4.26. The molecule has 0 aromatic heterocycles. The highest BCUT2D eigenvalue weighted by molar-refractivity contribution is 8.13. The lowest BCUT2D eigenvalue weighted by atomic mass is 10.1. The maximum Gasteiger partial charge on any atom is 0.269 e. The third-order valence-electron chi connectivity index (χ3n) is 1.76. The number of nitrogens with zero attached hydrogens (tertiary/aromatic N) is 1. The highest BCUT2D eigenvalue weighted by Crippen LogP contribution is 2.14. The van der Waals surface area contributed by atoms with Gasteiger partial charge in [-0.05, 0) is 12.0 Å². The van der Waals surface area contributed by atoms with E-state index in [1.165, 1.54) is 18.2 Å². The van der Waals surface area contributed by atoms with E-state index in [9.17, 15) is 18.5 Å². The van der Waals surface area contributed by atoms with E-state index in [4.69, 9.17) is 10.7 Å². The van der Waals surface area contributed by atoms with Crippen molar-refractivity contribution in [2.75, 3.05) is 5.75 Å². The monoisotopic (exact) mass is 249 g/mol. The average Bonchev–Trinajstić information content (AvgIpc) is 2.14. The summed E-state index contributed by atoms with van der Waals surface area (Å²) in [5, 5.41) is 10.4. The summed E-state index contributed by atoms with van der Waals surface area (Å²) in [7, 11) is 1.47. The van der Waals surface area contributed by atoms with E-state index >= 15 is 0 Å². The Hall–Kier alpha value is -1.14. The minimum absolute atomic E-state index is 0.0560. The number of rotatable bonds is 4. The van der Waals surface area contributed by atoms with Crippen molar-refractivity contribution in [3.63, 3.8) is 0 Å². The van der Waals surface area contributed by atoms with Gasteiger partial charge in [0.05, 0.1) is 10.7 Å². The molecule has 0 spiro atoms. The lowest BCUT2D eigenvalue weighted by Crippen LogP contribution is -2.01. The molecule has 5 nitrogen and oxygen atoms in total. The van der Waals surface area contributed by atoms with Crippen molar-refractivity contribution in [2.45, 2.75) is 6.42 Å². The van der Waals surface area contributed by atoms with E-state index in [-0.39, 0.29) is 17.9 Å². The molecular formula is C8H8ClNO4S. The van der Waals surface area contributed by atoms with Gasteiger partial charge in [-0.15, -0.1) is 0 Å². The average molecular weight is 250 g/mol. The van der Waals surface area contributed by atoms with Gasteiger partial charge in [-0.2, -0.15) is 0 Å². The normalized spacial score (nSPS) is 11.3. The minimum atomic E-state index is -3.55. The van der Waals surface area contributed by atoms with Crippen LogP contribution in [0.2, 0.25) is 0 Å². The molecule has 0 aliphatic rings. The third-order valence-corrected chi connectivity index (χ3v) is 2.91. The Morgan fingerprint density at radius 1 is 1.40 bits per heavy atom. The molecule has 0 N–H and O–H groups in total. The molecule has 0 unspecified atom stereocenters. The topological polar surface area (TPSA) is 77.3 Å². The Morgan fingerprint density at radius 2 is 2.07 bits per heavy atom. The first kappa shape index (κ1) is 11.9. The van der Waals surface area contributed by atoms with Crippen LogP contribution in [0.1, 0.15) is 5.56 Å². The number of hydrogen-bond acceptors (Lipinski definition) is 4. The summed E-state index contributed by atoms with van der Waals surface area (Å²) in [6, 6.07) is 5.81. The standard InChI is InChI=1S/C8H8ClNO4S/c9-15(13,14)5-4-7-2-1-3-8(6-7)10(11)12/h1-3,6H,4-5H2. The zero-order chi connectivity index (χ0) is 11.5. The van der Waals surface area contributed by atoms with Crippen LogP contribution in [0.3, 0.4) is 0 Å². The Morgan fingerprint density at radius 3 is 2.60 bits per heavy atom. The molecule has 1 aromatic carbocycles. The van der Waals surface area contributed by atoms with Crippen molar-refractivity contribution >= 4 is 25.4 Å². The summed E-state index contributed by atoms with van der Waals surface area (Å²) in [5.41, 5.74) is 0.521. The van der Waals surface area contributed by atoms with Crippen LogP contribution < -0.4 is 0 Å². The Bertz CT molecular complexity index is 471. The fraction of sp³-hybridized carbons (Fsp3) is 0.250. The van der Waals surface area contributed by atoms with E-state index in [2.05, 4.69) is 0 Å². The molecule has 15 heavy (non-hydrogen) atoms. The highest BCUT2D eigenvalue weighted by atomic mass is 35.7. The van der Waals surface area contributed by atoms with Gasteiger partial charge in [-0.25, -0.2) is 8.42 Å². The molecule has 1 rings (SSSR count). The molecule has 0 atom stereocenters. The quantitative estimate of drug-likeness (QED) is 0.462. The lowest BCUT2D eigenvalue weighted by Gasteiger charge is -1.98. The Kier molecular flexibility index (Phi) is 3.65. The maximum absolute atomic E-state index is 10.7. The van der Waals surface area contributed by atoms with Crippen LogP contribution in [0.5, 0.6) is 0 Å². The van der Waals surface area contributed by atoms with E-state index in [1.54, 1.807) is 6.07 Å². The van der Waals surface area contributed by atoms with Crippen LogP contribution >= 0.6 is 10.7 Å². The van der Waals surface area contributed by atoms with Crippen molar-refractivity contribution in [2.24, 2.45) is 0 Å². The second kappa shape index (κ2) is 4.59. The molecule has 7 heteroatoms. The summed E-state index contributed by atoms with van der Waals surface area (Å²) in [6.45, 7) is 0. The van der Waals surface area contributed by atoms with Crippen LogP contribution in [0.15, 0.2) is 24.3 Å². The molecule has 0 saturated carbocycles. The summed E-state index contributed by atoms with van der Waals surface area (Å²) in [4.78, 5) is 9.89. The molecule has 0 radical (unpaired) electrons. The molecule has 0 aliphatic heterocycles. The van der Waals surface area contributed by atoms with Gasteiger partial charge in [0.1, 0.15) is 0 Å². The summed E-state index contributed by atoms with van der Waals surface area (Å²) in [5.74, 6) is -0.226. The fourth-order valence-electron chi connectivity index (χ4n) is 1.07. The summed E-state index contributed by atoms with van der Waals surface area (Å²) in [6.07, 6.45) is 0.174. The SMILES string of the molecule is O=[N+]([O-])c1cccc(CCS(=O)(=O)Cl)c1. The maximum atomic E-state index is 10.7. The molecule has 0 bridgehead atoms. The second-order valence-corrected chi connectivity index (χ2v) is 5.82. The molecular weight excluding hydrogens is 242 g/mol. The molecule has 0 saturated heterocycles. The summed E-state index contributed by atoms with van der Waals surface area (Å²) >= 11 is 0. The Labute approximate surface area is 91.2 Å². The van der Waals surface area contributed by atoms with Gasteiger partial charge in [-0.1, -0.05) is 12.1 Å². The van der Waals surface area contributed by atoms with E-state index in [0.29, 0.717) is 5.56 Å². The molecule has 0 fully saturated rings. The number of hydrogen-bond donors (Lipinski definition) is 0. The van der Waals surface area contributed by atoms with Gasteiger partial charge in [0.2, 0.25) is 9.05 Å². The molecule has 1 aromatic rings. The van der Waals surface area contributed by atoms with Crippen LogP contribution in [0.25, 0.3) is 0 Å². The van der Waals surface area contributed by atoms with Gasteiger partial charge in [0.15, 0.2) is 0 Å². The molecule has 0 aliphatic carbocycles. The van der Waals surface area contributed by atoms with Gasteiger partial charge in [0.25, 0.3) is 5.69 Å². The van der Waals surface area contributed by atoms with Gasteiger partial charge >= 0.3 is 0 Å². The number of halogens is 1. The second-order valence-electron chi connectivity index (χ2n) is 2.92. The number of benzene rings is 1. The molecule has 0 heterocycles. The first-order valence-electron chi connectivity index (χ1n) is 4.04.